The first-order valence-corrected chi connectivity index (χ1v) is 8.64. The van der Waals surface area contributed by atoms with Crippen molar-refractivity contribution >= 4 is 11.8 Å². The third-order valence-electron chi connectivity index (χ3n) is 4.21. The zero-order valence-corrected chi connectivity index (χ0v) is 16.5. The normalized spacial score (nSPS) is 21.2. The first-order valence-electron chi connectivity index (χ1n) is 8.64. The van der Waals surface area contributed by atoms with Gasteiger partial charge in [0.2, 0.25) is 0 Å². The van der Waals surface area contributed by atoms with Crippen LogP contribution < -0.4 is 0 Å². The van der Waals surface area contributed by atoms with Gasteiger partial charge in [0.05, 0.1) is 0 Å². The highest BCUT2D eigenvalue weighted by atomic mass is 16.5. The minimum Gasteiger partial charge on any atom is -0.454 e. The number of ketones is 1. The minimum absolute atomic E-state index is 0.0979. The molecule has 0 N–H and O–H groups in total. The molecule has 0 amide bonds. The summed E-state index contributed by atoms with van der Waals surface area (Å²) >= 11 is 0. The molecule has 0 aromatic heterocycles. The Hall–Kier alpha value is -2.16. The second kappa shape index (κ2) is 8.80. The van der Waals surface area contributed by atoms with Crippen molar-refractivity contribution in [2.75, 3.05) is 0 Å². The maximum absolute atomic E-state index is 12.5. The van der Waals surface area contributed by atoms with Crippen LogP contribution in [0.25, 0.3) is 0 Å². The first kappa shape index (κ1) is 20.9. The predicted molar refractivity (Wildman–Crippen MR) is 103 cm³/mol. The molecular weight excluding hydrogens is 312 g/mol. The molecule has 1 aliphatic rings. The van der Waals surface area contributed by atoms with E-state index in [1.165, 1.54) is 12.5 Å². The molecule has 3 heteroatoms. The van der Waals surface area contributed by atoms with Crippen molar-refractivity contribution in [3.05, 3.63) is 58.7 Å². The molecule has 0 heterocycles. The Morgan fingerprint density at radius 1 is 1.12 bits per heavy atom. The Morgan fingerprint density at radius 2 is 1.72 bits per heavy atom. The van der Waals surface area contributed by atoms with Crippen molar-refractivity contribution in [3.63, 3.8) is 0 Å². The number of esters is 1. The molecule has 0 spiro atoms. The van der Waals surface area contributed by atoms with Gasteiger partial charge in [-0.05, 0) is 44.3 Å². The van der Waals surface area contributed by atoms with Crippen LogP contribution in [0, 0.1) is 5.41 Å². The van der Waals surface area contributed by atoms with E-state index in [-0.39, 0.29) is 11.2 Å². The van der Waals surface area contributed by atoms with Gasteiger partial charge in [-0.3, -0.25) is 9.59 Å². The molecule has 0 aromatic rings. The molecule has 0 saturated carbocycles. The Balaban J connectivity index is 3.02. The molecule has 3 nitrogen and oxygen atoms in total. The number of hydrogen-bond donors (Lipinski definition) is 0. The summed E-state index contributed by atoms with van der Waals surface area (Å²) < 4.78 is 5.20. The van der Waals surface area contributed by atoms with Crippen LogP contribution in [0.5, 0.6) is 0 Å². The van der Waals surface area contributed by atoms with Crippen LogP contribution >= 0.6 is 0 Å². The Bertz CT molecular complexity index is 678. The SMILES string of the molecule is CC(=O)O[C@H]1CC(C)(C)C(/C=C/C(C)=C/C=C/C=C(C)C)=C(C)C1=O. The molecule has 0 aromatic carbocycles. The van der Waals surface area contributed by atoms with Crippen LogP contribution in [-0.2, 0) is 14.3 Å². The lowest BCUT2D eigenvalue weighted by Gasteiger charge is -2.36. The monoisotopic (exact) mass is 342 g/mol. The first-order chi connectivity index (χ1) is 11.5. The van der Waals surface area contributed by atoms with E-state index in [1.807, 2.05) is 44.2 Å². The van der Waals surface area contributed by atoms with Crippen molar-refractivity contribution in [3.8, 4) is 0 Å². The summed E-state index contributed by atoms with van der Waals surface area (Å²) in [7, 11) is 0. The zero-order chi connectivity index (χ0) is 19.2. The zero-order valence-electron chi connectivity index (χ0n) is 16.5. The number of carbonyl (C=O) groups is 2. The molecule has 1 aliphatic carbocycles. The van der Waals surface area contributed by atoms with E-state index in [1.54, 1.807) is 0 Å². The predicted octanol–water partition coefficient (Wildman–Crippen LogP) is 5.26. The van der Waals surface area contributed by atoms with Crippen molar-refractivity contribution < 1.29 is 14.3 Å². The van der Waals surface area contributed by atoms with Crippen LogP contribution in [0.15, 0.2) is 58.7 Å². The van der Waals surface area contributed by atoms with Gasteiger partial charge in [-0.25, -0.2) is 0 Å². The molecule has 0 unspecified atom stereocenters. The van der Waals surface area contributed by atoms with E-state index in [4.69, 9.17) is 4.74 Å². The van der Waals surface area contributed by atoms with Crippen molar-refractivity contribution in [2.24, 2.45) is 5.41 Å². The number of allylic oxidation sites excluding steroid dienone is 9. The van der Waals surface area contributed by atoms with Gasteiger partial charge in [-0.1, -0.05) is 61.4 Å². The summed E-state index contributed by atoms with van der Waals surface area (Å²) in [4.78, 5) is 23.7. The van der Waals surface area contributed by atoms with E-state index in [0.717, 1.165) is 11.1 Å². The second-order valence-electron chi connectivity index (χ2n) is 7.46. The molecule has 136 valence electrons. The van der Waals surface area contributed by atoms with Crippen LogP contribution in [0.1, 0.15) is 54.9 Å². The van der Waals surface area contributed by atoms with E-state index < -0.39 is 12.1 Å². The van der Waals surface area contributed by atoms with Crippen LogP contribution in [0.2, 0.25) is 0 Å². The lowest BCUT2D eigenvalue weighted by molar-refractivity contribution is -0.153. The van der Waals surface area contributed by atoms with E-state index >= 15 is 0 Å². The Morgan fingerprint density at radius 3 is 2.28 bits per heavy atom. The second-order valence-corrected chi connectivity index (χ2v) is 7.46. The highest BCUT2D eigenvalue weighted by Gasteiger charge is 2.39. The quantitative estimate of drug-likeness (QED) is 0.506. The summed E-state index contributed by atoms with van der Waals surface area (Å²) in [6.45, 7) is 13.4. The van der Waals surface area contributed by atoms with Gasteiger partial charge in [-0.2, -0.15) is 0 Å². The summed E-state index contributed by atoms with van der Waals surface area (Å²) in [5.74, 6) is -0.512. The van der Waals surface area contributed by atoms with Gasteiger partial charge in [0.25, 0.3) is 0 Å². The topological polar surface area (TPSA) is 43.4 Å². The summed E-state index contributed by atoms with van der Waals surface area (Å²) in [6, 6.07) is 0. The fraction of sp³-hybridized carbons (Fsp3) is 0.455. The highest BCUT2D eigenvalue weighted by molar-refractivity contribution is 6.01. The van der Waals surface area contributed by atoms with Crippen molar-refractivity contribution in [2.45, 2.75) is 61.0 Å². The lowest BCUT2D eigenvalue weighted by Crippen LogP contribution is -2.38. The summed E-state index contributed by atoms with van der Waals surface area (Å²) in [5.41, 5.74) is 3.80. The minimum atomic E-state index is -0.673. The van der Waals surface area contributed by atoms with Gasteiger partial charge in [-0.15, -0.1) is 0 Å². The molecular formula is C22H30O3. The smallest absolute Gasteiger partial charge is 0.303 e. The van der Waals surface area contributed by atoms with E-state index in [0.29, 0.717) is 12.0 Å². The molecule has 0 bridgehead atoms. The average Bonchev–Trinajstić information content (AvgIpc) is 2.47. The van der Waals surface area contributed by atoms with Crippen LogP contribution in [-0.4, -0.2) is 17.9 Å². The Kier molecular flexibility index (Phi) is 7.35. The van der Waals surface area contributed by atoms with E-state index in [2.05, 4.69) is 33.8 Å². The number of hydrogen-bond acceptors (Lipinski definition) is 3. The average molecular weight is 342 g/mol. The fourth-order valence-electron chi connectivity index (χ4n) is 2.92. The number of carbonyl (C=O) groups excluding carboxylic acids is 2. The fourth-order valence-corrected chi connectivity index (χ4v) is 2.92. The number of ether oxygens (including phenoxy) is 1. The molecule has 0 aliphatic heterocycles. The summed E-state index contributed by atoms with van der Waals surface area (Å²) in [6.07, 6.45) is 12.0. The number of Topliss-reactive ketones (excluding diaryl/α,β-unsaturated/α-hetero) is 1. The lowest BCUT2D eigenvalue weighted by atomic mass is 9.71. The molecule has 1 atom stereocenters. The molecule has 25 heavy (non-hydrogen) atoms. The highest BCUT2D eigenvalue weighted by Crippen LogP contribution is 2.40. The van der Waals surface area contributed by atoms with E-state index in [9.17, 15) is 9.59 Å². The van der Waals surface area contributed by atoms with Gasteiger partial charge in [0, 0.05) is 13.3 Å². The summed E-state index contributed by atoms with van der Waals surface area (Å²) in [5, 5.41) is 0. The van der Waals surface area contributed by atoms with Gasteiger partial charge in [0.15, 0.2) is 11.9 Å². The standard InChI is InChI=1S/C22H30O3/c1-15(2)10-8-9-11-16(3)12-13-19-17(4)21(24)20(25-18(5)23)14-22(19,6)7/h8-13,20H,14H2,1-7H3/b9-8+,13-12+,16-11+/t20-/m0/s1. The third kappa shape index (κ3) is 6.33. The largest absolute Gasteiger partial charge is 0.454 e. The molecule has 0 saturated heterocycles. The maximum atomic E-state index is 12.5. The number of rotatable bonds is 5. The third-order valence-corrected chi connectivity index (χ3v) is 4.21. The van der Waals surface area contributed by atoms with Crippen LogP contribution in [0.4, 0.5) is 0 Å². The van der Waals surface area contributed by atoms with Crippen LogP contribution in [0.3, 0.4) is 0 Å². The van der Waals surface area contributed by atoms with Crippen molar-refractivity contribution in [1.82, 2.24) is 0 Å². The maximum Gasteiger partial charge on any atom is 0.303 e. The molecule has 0 fully saturated rings. The Labute approximate surface area is 151 Å². The van der Waals surface area contributed by atoms with Gasteiger partial charge < -0.3 is 4.74 Å². The van der Waals surface area contributed by atoms with Gasteiger partial charge >= 0.3 is 5.97 Å². The van der Waals surface area contributed by atoms with Gasteiger partial charge in [0.1, 0.15) is 0 Å². The van der Waals surface area contributed by atoms with Crippen molar-refractivity contribution in [1.29, 1.82) is 0 Å². The molecule has 1 rings (SSSR count). The molecule has 0 radical (unpaired) electrons.